The predicted molar refractivity (Wildman–Crippen MR) is 85.9 cm³/mol. The second-order valence-corrected chi connectivity index (χ2v) is 5.06. The molecule has 2 aromatic carbocycles. The molecule has 0 atom stereocenters. The molecule has 0 saturated heterocycles. The number of hydrogen-bond acceptors (Lipinski definition) is 3. The van der Waals surface area contributed by atoms with Crippen molar-refractivity contribution in [2.24, 2.45) is 0 Å². The number of pyridine rings is 1. The number of nitriles is 1. The van der Waals surface area contributed by atoms with E-state index in [2.05, 4.69) is 4.98 Å². The number of para-hydroxylation sites is 1. The second kappa shape index (κ2) is 6.47. The molecule has 0 fully saturated rings. The summed E-state index contributed by atoms with van der Waals surface area (Å²) in [6.07, 6.45) is 0.942. The van der Waals surface area contributed by atoms with Crippen molar-refractivity contribution in [2.45, 2.75) is 0 Å². The molecule has 0 unspecified atom stereocenters. The van der Waals surface area contributed by atoms with E-state index in [0.29, 0.717) is 17.1 Å². The highest BCUT2D eigenvalue weighted by molar-refractivity contribution is 6.32. The van der Waals surface area contributed by atoms with Crippen molar-refractivity contribution in [1.82, 2.24) is 4.98 Å². The predicted octanol–water partition coefficient (Wildman–Crippen LogP) is 5.21. The zero-order valence-corrected chi connectivity index (χ0v) is 12.6. The van der Waals surface area contributed by atoms with Gasteiger partial charge in [0.05, 0.1) is 6.20 Å². The van der Waals surface area contributed by atoms with Crippen LogP contribution in [0.15, 0.2) is 60.8 Å². The summed E-state index contributed by atoms with van der Waals surface area (Å²) in [5.41, 5.74) is 0.751. The smallest absolute Gasteiger partial charge is 0.159 e. The SMILES string of the molecule is N#Cc1c(F)cnc(Cl)c1-c1ccc(Oc2ccccc2)cc1. The molecule has 1 heterocycles. The Morgan fingerprint density at radius 3 is 2.30 bits per heavy atom. The molecule has 0 saturated carbocycles. The molecular formula is C18H10ClFN2O. The third kappa shape index (κ3) is 3.15. The van der Waals surface area contributed by atoms with Crippen LogP contribution >= 0.6 is 11.6 Å². The van der Waals surface area contributed by atoms with Crippen LogP contribution in [0.4, 0.5) is 4.39 Å². The van der Waals surface area contributed by atoms with E-state index in [1.54, 1.807) is 24.3 Å². The molecule has 0 aliphatic carbocycles. The molecule has 23 heavy (non-hydrogen) atoms. The first-order chi connectivity index (χ1) is 11.2. The van der Waals surface area contributed by atoms with Gasteiger partial charge in [-0.05, 0) is 29.8 Å². The van der Waals surface area contributed by atoms with E-state index in [1.165, 1.54) is 0 Å². The second-order valence-electron chi connectivity index (χ2n) is 4.70. The Morgan fingerprint density at radius 2 is 1.65 bits per heavy atom. The van der Waals surface area contributed by atoms with Gasteiger partial charge in [0.2, 0.25) is 0 Å². The summed E-state index contributed by atoms with van der Waals surface area (Å²) >= 11 is 6.02. The molecule has 3 rings (SSSR count). The quantitative estimate of drug-likeness (QED) is 0.622. The number of rotatable bonds is 3. The van der Waals surface area contributed by atoms with Crippen LogP contribution in [0.25, 0.3) is 11.1 Å². The van der Waals surface area contributed by atoms with Crippen molar-refractivity contribution in [3.8, 4) is 28.7 Å². The normalized spacial score (nSPS) is 10.1. The van der Waals surface area contributed by atoms with Gasteiger partial charge in [0.25, 0.3) is 0 Å². The van der Waals surface area contributed by atoms with Crippen molar-refractivity contribution in [3.05, 3.63) is 77.3 Å². The number of aromatic nitrogens is 1. The first-order valence-electron chi connectivity index (χ1n) is 6.76. The summed E-state index contributed by atoms with van der Waals surface area (Å²) in [6, 6.07) is 18.0. The molecule has 0 aliphatic rings. The average Bonchev–Trinajstić information content (AvgIpc) is 2.58. The largest absolute Gasteiger partial charge is 0.457 e. The molecule has 0 amide bonds. The molecule has 0 aliphatic heterocycles. The Kier molecular flexibility index (Phi) is 4.22. The highest BCUT2D eigenvalue weighted by Crippen LogP contribution is 2.32. The van der Waals surface area contributed by atoms with Crippen LogP contribution in [0.5, 0.6) is 11.5 Å². The van der Waals surface area contributed by atoms with E-state index in [4.69, 9.17) is 21.6 Å². The first-order valence-corrected chi connectivity index (χ1v) is 7.14. The molecule has 112 valence electrons. The molecule has 0 spiro atoms. The molecule has 3 aromatic rings. The molecule has 5 heteroatoms. The van der Waals surface area contributed by atoms with Crippen molar-refractivity contribution in [1.29, 1.82) is 5.26 Å². The van der Waals surface area contributed by atoms with Gasteiger partial charge in [-0.25, -0.2) is 9.37 Å². The van der Waals surface area contributed by atoms with Crippen LogP contribution in [-0.4, -0.2) is 4.98 Å². The Labute approximate surface area is 137 Å². The van der Waals surface area contributed by atoms with E-state index in [0.717, 1.165) is 6.20 Å². The average molecular weight is 325 g/mol. The summed E-state index contributed by atoms with van der Waals surface area (Å²) in [7, 11) is 0. The maximum Gasteiger partial charge on any atom is 0.159 e. The number of nitrogens with zero attached hydrogens (tertiary/aromatic N) is 2. The van der Waals surface area contributed by atoms with Gasteiger partial charge < -0.3 is 4.74 Å². The van der Waals surface area contributed by atoms with Crippen LogP contribution in [0.3, 0.4) is 0 Å². The minimum atomic E-state index is -0.698. The van der Waals surface area contributed by atoms with E-state index in [9.17, 15) is 4.39 Å². The van der Waals surface area contributed by atoms with Crippen molar-refractivity contribution in [3.63, 3.8) is 0 Å². The Balaban J connectivity index is 1.95. The summed E-state index contributed by atoms with van der Waals surface area (Å²) in [5.74, 6) is 0.638. The Bertz CT molecular complexity index is 874. The summed E-state index contributed by atoms with van der Waals surface area (Å²) in [5, 5.41) is 9.22. The molecule has 0 bridgehead atoms. The number of halogens is 2. The molecule has 1 aromatic heterocycles. The van der Waals surface area contributed by atoms with Crippen molar-refractivity contribution >= 4 is 11.6 Å². The van der Waals surface area contributed by atoms with E-state index >= 15 is 0 Å². The maximum atomic E-state index is 13.7. The fraction of sp³-hybridized carbons (Fsp3) is 0. The third-order valence-corrected chi connectivity index (χ3v) is 3.51. The summed E-state index contributed by atoms with van der Waals surface area (Å²) in [6.45, 7) is 0. The van der Waals surface area contributed by atoms with Crippen molar-refractivity contribution in [2.75, 3.05) is 0 Å². The summed E-state index contributed by atoms with van der Waals surface area (Å²) in [4.78, 5) is 3.76. The first kappa shape index (κ1) is 15.0. The highest BCUT2D eigenvalue weighted by Gasteiger charge is 2.15. The topological polar surface area (TPSA) is 45.9 Å². The minimum Gasteiger partial charge on any atom is -0.457 e. The van der Waals surface area contributed by atoms with Crippen LogP contribution in [0, 0.1) is 17.1 Å². The highest BCUT2D eigenvalue weighted by atomic mass is 35.5. The van der Waals surface area contributed by atoms with Gasteiger partial charge in [-0.15, -0.1) is 0 Å². The standard InChI is InChI=1S/C18H10ClFN2O/c19-18-17(15(10-21)16(20)11-22-18)12-6-8-14(9-7-12)23-13-4-2-1-3-5-13/h1-9,11H. The zero-order chi connectivity index (χ0) is 16.2. The zero-order valence-electron chi connectivity index (χ0n) is 11.8. The van der Waals surface area contributed by atoms with Crippen LogP contribution in [0.2, 0.25) is 5.15 Å². The van der Waals surface area contributed by atoms with E-state index < -0.39 is 5.82 Å². The lowest BCUT2D eigenvalue weighted by Crippen LogP contribution is -1.94. The van der Waals surface area contributed by atoms with Gasteiger partial charge in [0.15, 0.2) is 5.82 Å². The fourth-order valence-corrected chi connectivity index (χ4v) is 2.40. The Morgan fingerprint density at radius 1 is 1.00 bits per heavy atom. The lowest BCUT2D eigenvalue weighted by Gasteiger charge is -2.09. The minimum absolute atomic E-state index is 0.0830. The lowest BCUT2D eigenvalue weighted by molar-refractivity contribution is 0.483. The molecule has 0 N–H and O–H groups in total. The molecular weight excluding hydrogens is 315 g/mol. The monoisotopic (exact) mass is 324 g/mol. The Hall–Kier alpha value is -2.90. The summed E-state index contributed by atoms with van der Waals surface area (Å²) < 4.78 is 19.4. The third-order valence-electron chi connectivity index (χ3n) is 3.22. The van der Waals surface area contributed by atoms with Gasteiger partial charge in [-0.1, -0.05) is 41.9 Å². The van der Waals surface area contributed by atoms with E-state index in [1.807, 2.05) is 36.4 Å². The fourth-order valence-electron chi connectivity index (χ4n) is 2.15. The number of ether oxygens (including phenoxy) is 1. The van der Waals surface area contributed by atoms with Gasteiger partial charge >= 0.3 is 0 Å². The number of benzene rings is 2. The van der Waals surface area contributed by atoms with Gasteiger partial charge in [-0.2, -0.15) is 5.26 Å². The maximum absolute atomic E-state index is 13.7. The molecule has 3 nitrogen and oxygen atoms in total. The molecule has 0 radical (unpaired) electrons. The van der Waals surface area contributed by atoms with E-state index in [-0.39, 0.29) is 16.3 Å². The van der Waals surface area contributed by atoms with Crippen LogP contribution < -0.4 is 4.74 Å². The van der Waals surface area contributed by atoms with Crippen LogP contribution in [-0.2, 0) is 0 Å². The van der Waals surface area contributed by atoms with Crippen LogP contribution in [0.1, 0.15) is 5.56 Å². The van der Waals surface area contributed by atoms with Gasteiger partial charge in [0, 0.05) is 5.56 Å². The lowest BCUT2D eigenvalue weighted by atomic mass is 10.0. The van der Waals surface area contributed by atoms with Gasteiger partial charge in [0.1, 0.15) is 28.3 Å². The number of hydrogen-bond donors (Lipinski definition) is 0. The van der Waals surface area contributed by atoms with Gasteiger partial charge in [-0.3, -0.25) is 0 Å². The van der Waals surface area contributed by atoms with Crippen molar-refractivity contribution < 1.29 is 9.13 Å².